The fraction of sp³-hybridized carbons (Fsp3) is 0.409. The number of urea groups is 1. The molecule has 2 aromatic heterocycles. The van der Waals surface area contributed by atoms with E-state index in [0.29, 0.717) is 30.8 Å². The van der Waals surface area contributed by atoms with Crippen LogP contribution in [-0.2, 0) is 0 Å². The Labute approximate surface area is 193 Å². The number of ketones is 1. The molecule has 0 aromatic carbocycles. The summed E-state index contributed by atoms with van der Waals surface area (Å²) >= 11 is 0. The summed E-state index contributed by atoms with van der Waals surface area (Å²) in [6, 6.07) is 5.21. The predicted molar refractivity (Wildman–Crippen MR) is 118 cm³/mol. The van der Waals surface area contributed by atoms with Gasteiger partial charge >= 0.3 is 12.2 Å². The summed E-state index contributed by atoms with van der Waals surface area (Å²) in [5, 5.41) is 2.68. The Morgan fingerprint density at radius 2 is 1.97 bits per heavy atom. The van der Waals surface area contributed by atoms with Crippen LogP contribution in [0.4, 0.5) is 35.3 Å². The van der Waals surface area contributed by atoms with Crippen molar-refractivity contribution in [1.82, 2.24) is 14.9 Å². The third-order valence-corrected chi connectivity index (χ3v) is 5.74. The summed E-state index contributed by atoms with van der Waals surface area (Å²) in [7, 11) is 3.22. The molecule has 4 rings (SSSR count). The van der Waals surface area contributed by atoms with Gasteiger partial charge in [-0.05, 0) is 30.7 Å². The van der Waals surface area contributed by atoms with Crippen molar-refractivity contribution in [2.75, 3.05) is 42.3 Å². The molecule has 180 valence electrons. The first-order valence-corrected chi connectivity index (χ1v) is 10.7. The van der Waals surface area contributed by atoms with Crippen LogP contribution in [0.5, 0.6) is 0 Å². The minimum absolute atomic E-state index is 0.125. The van der Waals surface area contributed by atoms with E-state index in [0.717, 1.165) is 0 Å². The number of pyridine rings is 2. The highest BCUT2D eigenvalue weighted by Gasteiger charge is 2.40. The number of aromatic nitrogens is 2. The van der Waals surface area contributed by atoms with Crippen LogP contribution in [0.15, 0.2) is 30.5 Å². The number of hydrogen-bond acceptors (Lipinski definition) is 6. The molecule has 2 bridgehead atoms. The normalized spacial score (nSPS) is 16.8. The smallest absolute Gasteiger partial charge is 0.366 e. The molecule has 1 atom stereocenters. The molecule has 0 unspecified atom stereocenters. The van der Waals surface area contributed by atoms with E-state index in [4.69, 9.17) is 0 Å². The first-order valence-electron chi connectivity index (χ1n) is 10.7. The van der Waals surface area contributed by atoms with Crippen LogP contribution in [-0.4, -0.2) is 72.0 Å². The Morgan fingerprint density at radius 3 is 2.68 bits per heavy atom. The Bertz CT molecular complexity index is 1140. The van der Waals surface area contributed by atoms with Crippen molar-refractivity contribution in [1.29, 1.82) is 0 Å². The number of rotatable bonds is 5. The average Bonchev–Trinajstić information content (AvgIpc) is 3.20. The quantitative estimate of drug-likeness (QED) is 0.665. The average molecular weight is 476 g/mol. The Kier molecular flexibility index (Phi) is 6.15. The van der Waals surface area contributed by atoms with Gasteiger partial charge in [-0.2, -0.15) is 13.2 Å². The lowest BCUT2D eigenvalue weighted by molar-refractivity contribution is -0.133. The largest absolute Gasteiger partial charge is 0.389 e. The highest BCUT2D eigenvalue weighted by molar-refractivity contribution is 6.05. The van der Waals surface area contributed by atoms with Gasteiger partial charge in [0.05, 0.1) is 18.2 Å². The lowest BCUT2D eigenvalue weighted by Gasteiger charge is -2.35. The SMILES string of the molecule is CN(C)C(=O)c1ccnc(NC(=O)N2c3nc(C(=O)CCC(F)(F)F)ccc3N3CC[C@H]2C3)c1. The summed E-state index contributed by atoms with van der Waals surface area (Å²) in [5.74, 6) is -0.622. The maximum atomic E-state index is 13.3. The number of carbonyl (C=O) groups is 3. The minimum Gasteiger partial charge on any atom is -0.366 e. The number of amides is 3. The van der Waals surface area contributed by atoms with E-state index >= 15 is 0 Å². The molecule has 2 aliphatic heterocycles. The van der Waals surface area contributed by atoms with Crippen LogP contribution >= 0.6 is 0 Å². The molecule has 4 heterocycles. The van der Waals surface area contributed by atoms with E-state index in [1.165, 1.54) is 34.2 Å². The fourth-order valence-electron chi connectivity index (χ4n) is 4.07. The summed E-state index contributed by atoms with van der Waals surface area (Å²) in [4.78, 5) is 51.1. The highest BCUT2D eigenvalue weighted by atomic mass is 19.4. The van der Waals surface area contributed by atoms with Crippen molar-refractivity contribution in [2.24, 2.45) is 0 Å². The van der Waals surface area contributed by atoms with Crippen LogP contribution in [0.2, 0.25) is 0 Å². The van der Waals surface area contributed by atoms with Gasteiger partial charge in [0.15, 0.2) is 11.6 Å². The minimum atomic E-state index is -4.45. The number of alkyl halides is 3. The second kappa shape index (κ2) is 8.92. The third kappa shape index (κ3) is 4.80. The highest BCUT2D eigenvalue weighted by Crippen LogP contribution is 2.39. The number of carbonyl (C=O) groups excluding carboxylic acids is 3. The summed E-state index contributed by atoms with van der Waals surface area (Å²) in [6.07, 6.45) is -4.34. The molecule has 0 radical (unpaired) electrons. The van der Waals surface area contributed by atoms with Gasteiger partial charge in [-0.15, -0.1) is 0 Å². The van der Waals surface area contributed by atoms with Gasteiger partial charge < -0.3 is 9.80 Å². The summed E-state index contributed by atoms with van der Waals surface area (Å²) in [5.41, 5.74) is 0.845. The molecule has 1 N–H and O–H groups in total. The number of nitrogens with one attached hydrogen (secondary N) is 1. The number of halogens is 3. The zero-order valence-electron chi connectivity index (χ0n) is 18.6. The number of nitrogens with zero attached hydrogens (tertiary/aromatic N) is 5. The standard InChI is InChI=1S/C22H23F3N6O3/c1-29(2)20(33)13-6-9-26-18(11-13)28-21(34)31-14-7-10-30(12-14)16-4-3-15(27-19(16)31)17(32)5-8-22(23,24)25/h3-4,6,9,11,14H,5,7-8,10,12H2,1-2H3,(H,26,28,34)/t14-/m0/s1. The number of Topliss-reactive ketones (excluding diaryl/α,β-unsaturated/α-hetero) is 1. The van der Waals surface area contributed by atoms with Crippen LogP contribution in [0.1, 0.15) is 40.1 Å². The topological polar surface area (TPSA) is 98.7 Å². The van der Waals surface area contributed by atoms with Crippen molar-refractivity contribution in [2.45, 2.75) is 31.5 Å². The molecule has 1 saturated heterocycles. The Hall–Kier alpha value is -3.70. The molecule has 2 aliphatic rings. The third-order valence-electron chi connectivity index (χ3n) is 5.74. The van der Waals surface area contributed by atoms with Gasteiger partial charge in [0.25, 0.3) is 5.91 Å². The fourth-order valence-corrected chi connectivity index (χ4v) is 4.07. The van der Waals surface area contributed by atoms with Gasteiger partial charge in [-0.1, -0.05) is 0 Å². The van der Waals surface area contributed by atoms with Gasteiger partial charge in [-0.25, -0.2) is 14.8 Å². The van der Waals surface area contributed by atoms with Gasteiger partial charge in [0.2, 0.25) is 0 Å². The molecule has 3 amide bonds. The van der Waals surface area contributed by atoms with Crippen molar-refractivity contribution >= 4 is 35.0 Å². The van der Waals surface area contributed by atoms with Crippen LogP contribution in [0.25, 0.3) is 0 Å². The first kappa shape index (κ1) is 23.5. The van der Waals surface area contributed by atoms with Gasteiger partial charge in [-0.3, -0.25) is 19.8 Å². The van der Waals surface area contributed by atoms with E-state index in [9.17, 15) is 27.6 Å². The van der Waals surface area contributed by atoms with E-state index in [1.807, 2.05) is 4.90 Å². The van der Waals surface area contributed by atoms with Crippen molar-refractivity contribution in [3.05, 3.63) is 41.7 Å². The molecular weight excluding hydrogens is 453 g/mol. The molecule has 0 saturated carbocycles. The van der Waals surface area contributed by atoms with Crippen LogP contribution < -0.4 is 15.1 Å². The Morgan fingerprint density at radius 1 is 1.21 bits per heavy atom. The molecule has 2 aromatic rings. The van der Waals surface area contributed by atoms with Gasteiger partial charge in [0.1, 0.15) is 11.5 Å². The summed E-state index contributed by atoms with van der Waals surface area (Å²) < 4.78 is 37.6. The number of anilines is 3. The molecule has 34 heavy (non-hydrogen) atoms. The zero-order valence-corrected chi connectivity index (χ0v) is 18.6. The van der Waals surface area contributed by atoms with E-state index in [1.54, 1.807) is 20.2 Å². The first-order chi connectivity index (χ1) is 16.0. The maximum Gasteiger partial charge on any atom is 0.389 e. The second-order valence-electron chi connectivity index (χ2n) is 8.40. The van der Waals surface area contributed by atoms with E-state index < -0.39 is 30.8 Å². The van der Waals surface area contributed by atoms with E-state index in [2.05, 4.69) is 15.3 Å². The van der Waals surface area contributed by atoms with Crippen LogP contribution in [0.3, 0.4) is 0 Å². The molecular formula is C22H23F3N6O3. The molecule has 9 nitrogen and oxygen atoms in total. The lowest BCUT2D eigenvalue weighted by atomic mass is 10.1. The summed E-state index contributed by atoms with van der Waals surface area (Å²) in [6.45, 7) is 1.24. The van der Waals surface area contributed by atoms with Crippen molar-refractivity contribution in [3.8, 4) is 0 Å². The zero-order chi connectivity index (χ0) is 24.6. The molecule has 0 aliphatic carbocycles. The number of fused-ring (bicyclic) bond motifs is 4. The lowest BCUT2D eigenvalue weighted by Crippen LogP contribution is -2.48. The Balaban J connectivity index is 1.60. The molecule has 12 heteroatoms. The van der Waals surface area contributed by atoms with Gasteiger partial charge in [0, 0.05) is 45.4 Å². The van der Waals surface area contributed by atoms with Crippen molar-refractivity contribution < 1.29 is 27.6 Å². The molecule has 0 spiro atoms. The second-order valence-corrected chi connectivity index (χ2v) is 8.40. The monoisotopic (exact) mass is 476 g/mol. The van der Waals surface area contributed by atoms with E-state index in [-0.39, 0.29) is 29.3 Å². The maximum absolute atomic E-state index is 13.3. The predicted octanol–water partition coefficient (Wildman–Crippen LogP) is 3.33. The van der Waals surface area contributed by atoms with Crippen LogP contribution in [0, 0.1) is 0 Å². The molecule has 1 fully saturated rings. The van der Waals surface area contributed by atoms with Crippen molar-refractivity contribution in [3.63, 3.8) is 0 Å². The number of hydrogen-bond donors (Lipinski definition) is 1.